The Morgan fingerprint density at radius 2 is 2.03 bits per heavy atom. The largest absolute Gasteiger partial charge is 0.494 e. The van der Waals surface area contributed by atoms with E-state index in [0.717, 1.165) is 25.1 Å². The number of hydrogen-bond acceptors (Lipinski definition) is 9. The number of amidine groups is 1. The Morgan fingerprint density at radius 1 is 1.21 bits per heavy atom. The number of aryl methyl sites for hydroxylation is 1. The van der Waals surface area contributed by atoms with Crippen molar-refractivity contribution in [3.63, 3.8) is 0 Å². The molecule has 13 heteroatoms. The minimum Gasteiger partial charge on any atom is -0.494 e. The van der Waals surface area contributed by atoms with Crippen molar-refractivity contribution >= 4 is 22.8 Å². The molecule has 194 valence electrons. The summed E-state index contributed by atoms with van der Waals surface area (Å²) in [5.74, 6) is 6.39. The van der Waals surface area contributed by atoms with E-state index >= 15 is 0 Å². The van der Waals surface area contributed by atoms with Crippen molar-refractivity contribution in [1.82, 2.24) is 30.3 Å². The van der Waals surface area contributed by atoms with Crippen molar-refractivity contribution in [2.24, 2.45) is 11.0 Å². The number of aromatic nitrogens is 4. The van der Waals surface area contributed by atoms with Gasteiger partial charge in [-0.05, 0) is 43.7 Å². The molecule has 5 rings (SSSR count). The lowest BCUT2D eigenvalue weighted by atomic mass is 10.00. The molecule has 3 aromatic rings. The van der Waals surface area contributed by atoms with E-state index in [1.165, 1.54) is 48.1 Å². The van der Waals surface area contributed by atoms with Gasteiger partial charge in [0.2, 0.25) is 0 Å². The van der Waals surface area contributed by atoms with Crippen LogP contribution in [0.1, 0.15) is 41.0 Å². The topological polar surface area (TPSA) is 123 Å². The summed E-state index contributed by atoms with van der Waals surface area (Å²) in [6.07, 6.45) is 4.62. The van der Waals surface area contributed by atoms with Crippen LogP contribution in [0.5, 0.6) is 5.75 Å². The second-order valence-electron chi connectivity index (χ2n) is 8.45. The number of hydrazone groups is 1. The highest BCUT2D eigenvalue weighted by molar-refractivity contribution is 8.14. The molecule has 1 fully saturated rings. The van der Waals surface area contributed by atoms with Gasteiger partial charge in [-0.2, -0.15) is 5.10 Å². The fourth-order valence-electron chi connectivity index (χ4n) is 3.61. The Kier molecular flexibility index (Phi) is 7.06. The van der Waals surface area contributed by atoms with Gasteiger partial charge in [0.05, 0.1) is 18.9 Å². The molecule has 1 aliphatic heterocycles. The molecule has 1 aliphatic carbocycles. The standard InChI is InChI=1S/C25H21F2N7O3S/c1-13-24(36)34(8-7-28-13)20-10-15(16-9-18(22(26)27)29-12-19(16)37-2)17(11-30-20)23(35)31-25-33-32-21(38-25)6-5-14-3-4-14/h7-12,14,21-22,32H,3-4H2,1-2H3,(H,31,33,35). The first-order valence-electron chi connectivity index (χ1n) is 11.5. The fourth-order valence-corrected chi connectivity index (χ4v) is 4.32. The predicted molar refractivity (Wildman–Crippen MR) is 137 cm³/mol. The Balaban J connectivity index is 1.54. The lowest BCUT2D eigenvalue weighted by molar-refractivity contribution is 0.0978. The summed E-state index contributed by atoms with van der Waals surface area (Å²) in [5.41, 5.74) is 2.62. The smallest absolute Gasteiger partial charge is 0.280 e. The van der Waals surface area contributed by atoms with Crippen LogP contribution in [0.15, 0.2) is 46.8 Å². The number of carbonyl (C=O) groups is 1. The molecule has 38 heavy (non-hydrogen) atoms. The molecule has 0 bridgehead atoms. The average Bonchev–Trinajstić information content (AvgIpc) is 3.65. The summed E-state index contributed by atoms with van der Waals surface area (Å²) in [4.78, 5) is 38.1. The maximum atomic E-state index is 13.5. The van der Waals surface area contributed by atoms with Crippen molar-refractivity contribution in [3.05, 3.63) is 64.2 Å². The molecule has 0 saturated heterocycles. The molecule has 4 heterocycles. The summed E-state index contributed by atoms with van der Waals surface area (Å²) in [7, 11) is 1.36. The fraction of sp³-hybridized carbons (Fsp3) is 0.280. The number of nitrogens with one attached hydrogen (secondary N) is 2. The van der Waals surface area contributed by atoms with Crippen LogP contribution in [0.2, 0.25) is 0 Å². The van der Waals surface area contributed by atoms with Gasteiger partial charge in [-0.15, -0.1) is 0 Å². The summed E-state index contributed by atoms with van der Waals surface area (Å²) >= 11 is 1.25. The monoisotopic (exact) mass is 537 g/mol. The Bertz CT molecular complexity index is 1560. The van der Waals surface area contributed by atoms with E-state index in [1.54, 1.807) is 6.92 Å². The summed E-state index contributed by atoms with van der Waals surface area (Å²) in [6.45, 7) is 1.55. The van der Waals surface area contributed by atoms with E-state index in [0.29, 0.717) is 11.1 Å². The zero-order valence-electron chi connectivity index (χ0n) is 20.2. The molecule has 3 aromatic heterocycles. The van der Waals surface area contributed by atoms with Crippen LogP contribution in [0, 0.1) is 24.7 Å². The van der Waals surface area contributed by atoms with Gasteiger partial charge in [-0.1, -0.05) is 11.8 Å². The molecule has 0 radical (unpaired) electrons. The van der Waals surface area contributed by atoms with Crippen LogP contribution in [-0.4, -0.2) is 43.1 Å². The molecule has 1 atom stereocenters. The summed E-state index contributed by atoms with van der Waals surface area (Å²) in [5, 5.41) is 6.85. The van der Waals surface area contributed by atoms with Gasteiger partial charge < -0.3 is 4.74 Å². The first-order chi connectivity index (χ1) is 18.3. The van der Waals surface area contributed by atoms with E-state index in [-0.39, 0.29) is 39.3 Å². The molecule has 1 saturated carbocycles. The van der Waals surface area contributed by atoms with Crippen molar-refractivity contribution < 1.29 is 18.3 Å². The number of amides is 1. The number of methoxy groups -OCH3 is 1. The van der Waals surface area contributed by atoms with Crippen LogP contribution in [0.3, 0.4) is 0 Å². The molecular formula is C25H21F2N7O3S. The molecule has 1 amide bonds. The van der Waals surface area contributed by atoms with Crippen molar-refractivity contribution in [2.75, 3.05) is 7.11 Å². The van der Waals surface area contributed by atoms with Crippen LogP contribution >= 0.6 is 11.8 Å². The number of pyridine rings is 2. The van der Waals surface area contributed by atoms with E-state index in [2.05, 4.69) is 42.6 Å². The molecule has 1 unspecified atom stereocenters. The minimum absolute atomic E-state index is 0.0492. The molecule has 2 aliphatic rings. The predicted octanol–water partition coefficient (Wildman–Crippen LogP) is 3.02. The third-order valence-corrected chi connectivity index (χ3v) is 6.62. The zero-order chi connectivity index (χ0) is 26.8. The van der Waals surface area contributed by atoms with Gasteiger partial charge in [-0.25, -0.2) is 13.8 Å². The molecule has 0 spiro atoms. The summed E-state index contributed by atoms with van der Waals surface area (Å²) in [6, 6.07) is 2.60. The second kappa shape index (κ2) is 10.6. The second-order valence-corrected chi connectivity index (χ2v) is 9.54. The SMILES string of the molecule is COc1cnc(C(F)F)cc1-c1cc(-n2ccnc(C)c2=O)ncc1C(=O)NC1=NNC(C#CC2CC2)S1. The Labute approximate surface area is 219 Å². The zero-order valence-corrected chi connectivity index (χ0v) is 21.1. The van der Waals surface area contributed by atoms with Gasteiger partial charge in [0.25, 0.3) is 17.9 Å². The number of hydrogen-bond donors (Lipinski definition) is 2. The highest BCUT2D eigenvalue weighted by Crippen LogP contribution is 2.35. The molecular weight excluding hydrogens is 516 g/mol. The number of carbonyl (C=O) groups excluding carboxylic acids is 1. The maximum absolute atomic E-state index is 13.5. The van der Waals surface area contributed by atoms with Gasteiger partial charge >= 0.3 is 0 Å². The van der Waals surface area contributed by atoms with Crippen LogP contribution in [0.25, 0.3) is 16.9 Å². The first-order valence-corrected chi connectivity index (χ1v) is 12.4. The number of rotatable bonds is 5. The highest BCUT2D eigenvalue weighted by Gasteiger charge is 2.25. The maximum Gasteiger partial charge on any atom is 0.280 e. The van der Waals surface area contributed by atoms with E-state index in [4.69, 9.17) is 4.74 Å². The number of thioether (sulfide) groups is 1. The minimum atomic E-state index is -2.85. The number of ether oxygens (including phenoxy) is 1. The van der Waals surface area contributed by atoms with Gasteiger partial charge in [-0.3, -0.25) is 34.9 Å². The van der Waals surface area contributed by atoms with E-state index < -0.39 is 23.6 Å². The lowest BCUT2D eigenvalue weighted by Crippen LogP contribution is -2.29. The average molecular weight is 538 g/mol. The first kappa shape index (κ1) is 25.3. The van der Waals surface area contributed by atoms with Gasteiger partial charge in [0.15, 0.2) is 10.5 Å². The van der Waals surface area contributed by atoms with Crippen molar-refractivity contribution in [3.8, 4) is 34.5 Å². The summed E-state index contributed by atoms with van der Waals surface area (Å²) < 4.78 is 33.7. The number of halogens is 2. The Hall–Kier alpha value is -4.31. The number of alkyl halides is 2. The number of nitrogens with zero attached hydrogens (tertiary/aromatic N) is 5. The lowest BCUT2D eigenvalue weighted by Gasteiger charge is -2.15. The van der Waals surface area contributed by atoms with Crippen molar-refractivity contribution in [2.45, 2.75) is 31.6 Å². The molecule has 10 nitrogen and oxygen atoms in total. The van der Waals surface area contributed by atoms with Crippen LogP contribution in [-0.2, 0) is 0 Å². The van der Waals surface area contributed by atoms with Crippen LogP contribution < -0.4 is 21.0 Å². The quantitative estimate of drug-likeness (QED) is 0.476. The van der Waals surface area contributed by atoms with E-state index in [1.807, 2.05) is 0 Å². The highest BCUT2D eigenvalue weighted by atomic mass is 32.2. The molecule has 0 aromatic carbocycles. The van der Waals surface area contributed by atoms with Gasteiger partial charge in [0, 0.05) is 35.6 Å². The van der Waals surface area contributed by atoms with Crippen molar-refractivity contribution in [1.29, 1.82) is 0 Å². The van der Waals surface area contributed by atoms with Crippen LogP contribution in [0.4, 0.5) is 8.78 Å². The molecule has 2 N–H and O–H groups in total. The normalized spacial score (nSPS) is 16.3. The third-order valence-electron chi connectivity index (χ3n) is 5.74. The van der Waals surface area contributed by atoms with E-state index in [9.17, 15) is 18.4 Å². The Morgan fingerprint density at radius 3 is 2.76 bits per heavy atom. The van der Waals surface area contributed by atoms with Gasteiger partial charge in [0.1, 0.15) is 23.0 Å². The third kappa shape index (κ3) is 5.35.